The molecule has 4 aromatic rings. The predicted octanol–water partition coefficient (Wildman–Crippen LogP) is 7.64. The van der Waals surface area contributed by atoms with Gasteiger partial charge >= 0.3 is 0 Å². The van der Waals surface area contributed by atoms with Crippen molar-refractivity contribution in [2.45, 2.75) is 26.4 Å². The summed E-state index contributed by atoms with van der Waals surface area (Å²) in [5.74, 6) is 1.20. The number of halogens is 4. The highest BCUT2D eigenvalue weighted by Gasteiger charge is 2.12. The summed E-state index contributed by atoms with van der Waals surface area (Å²) in [6.07, 6.45) is 3.06. The molecule has 5 nitrogen and oxygen atoms in total. The Hall–Kier alpha value is -2.19. The van der Waals surface area contributed by atoms with E-state index in [2.05, 4.69) is 41.9 Å². The number of aryl methyl sites for hydroxylation is 1. The first kappa shape index (κ1) is 24.9. The number of rotatable bonds is 7. The summed E-state index contributed by atoms with van der Waals surface area (Å²) < 4.78 is 9.05. The lowest BCUT2D eigenvalue weighted by Gasteiger charge is -2.12. The van der Waals surface area contributed by atoms with Crippen LogP contribution in [0.4, 0.5) is 0 Å². The van der Waals surface area contributed by atoms with Gasteiger partial charge in [0.15, 0.2) is 0 Å². The molecule has 0 N–H and O–H groups in total. The summed E-state index contributed by atoms with van der Waals surface area (Å²) in [7, 11) is 0. The molecule has 0 amide bonds. The average molecular weight is 624 g/mol. The number of hydrogen-bond donors (Lipinski definition) is 0. The Morgan fingerprint density at radius 3 is 2.59 bits per heavy atom. The first-order valence-corrected chi connectivity index (χ1v) is 12.8. The zero-order chi connectivity index (χ0) is 24.2. The minimum absolute atomic E-state index is 0.226. The summed E-state index contributed by atoms with van der Waals surface area (Å²) in [6, 6.07) is 16.3. The van der Waals surface area contributed by atoms with Crippen LogP contribution in [-0.4, -0.2) is 15.9 Å². The fraction of sp³-hybridized carbons (Fsp3) is 0.160. The topological polar surface area (TPSA) is 56.5 Å². The molecular formula is C25H19Br2Cl2N3O2. The molecule has 4 rings (SSSR count). The number of hydrogen-bond acceptors (Lipinski definition) is 4. The molecule has 1 aromatic heterocycles. The zero-order valence-corrected chi connectivity index (χ0v) is 22.7. The minimum Gasteiger partial charge on any atom is -0.488 e. The highest BCUT2D eigenvalue weighted by Crippen LogP contribution is 2.26. The minimum atomic E-state index is -0.226. The van der Waals surface area contributed by atoms with E-state index in [9.17, 15) is 4.79 Å². The summed E-state index contributed by atoms with van der Waals surface area (Å²) in [5, 5.41) is 6.11. The third-order valence-corrected chi connectivity index (χ3v) is 6.60. The normalized spacial score (nSPS) is 11.4. The lowest BCUT2D eigenvalue weighted by Crippen LogP contribution is -2.22. The van der Waals surface area contributed by atoms with Crippen LogP contribution in [0.5, 0.6) is 5.75 Å². The van der Waals surface area contributed by atoms with E-state index in [1.807, 2.05) is 43.3 Å². The van der Waals surface area contributed by atoms with Gasteiger partial charge in [0.1, 0.15) is 18.2 Å². The molecule has 3 aromatic carbocycles. The standard InChI is InChI=1S/C25H19Br2Cl2N3O2/c1-2-3-24-31-22-8-5-18(27)11-20(22)25(33)32(24)30-13-16-10-17(26)6-9-23(16)34-14-15-4-7-19(28)12-21(15)29/h4-13H,2-3,14H2,1H3. The van der Waals surface area contributed by atoms with E-state index in [0.29, 0.717) is 44.5 Å². The van der Waals surface area contributed by atoms with Crippen molar-refractivity contribution in [3.05, 3.63) is 101 Å². The SMILES string of the molecule is CCCc1nc2ccc(Br)cc2c(=O)n1N=Cc1cc(Br)ccc1OCc1ccc(Cl)cc1Cl. The van der Waals surface area contributed by atoms with E-state index >= 15 is 0 Å². The monoisotopic (exact) mass is 621 g/mol. The van der Waals surface area contributed by atoms with Gasteiger partial charge in [-0.2, -0.15) is 9.78 Å². The van der Waals surface area contributed by atoms with E-state index in [-0.39, 0.29) is 12.2 Å². The number of fused-ring (bicyclic) bond motifs is 1. The van der Waals surface area contributed by atoms with Gasteiger partial charge in [-0.15, -0.1) is 0 Å². The summed E-state index contributed by atoms with van der Waals surface area (Å²) in [6.45, 7) is 2.29. The molecular weight excluding hydrogens is 605 g/mol. The van der Waals surface area contributed by atoms with E-state index in [1.54, 1.807) is 24.4 Å². The molecule has 0 saturated carbocycles. The summed E-state index contributed by atoms with van der Waals surface area (Å²) >= 11 is 19.2. The maximum atomic E-state index is 13.2. The highest BCUT2D eigenvalue weighted by molar-refractivity contribution is 9.10. The van der Waals surface area contributed by atoms with Crippen LogP contribution >= 0.6 is 55.1 Å². The molecule has 0 saturated heterocycles. The molecule has 0 spiro atoms. The van der Waals surface area contributed by atoms with Gasteiger partial charge in [-0.1, -0.05) is 68.1 Å². The first-order valence-electron chi connectivity index (χ1n) is 10.5. The van der Waals surface area contributed by atoms with Gasteiger partial charge in [0.05, 0.1) is 17.1 Å². The molecule has 0 atom stereocenters. The molecule has 0 aliphatic heterocycles. The maximum Gasteiger partial charge on any atom is 0.282 e. The van der Waals surface area contributed by atoms with Gasteiger partial charge < -0.3 is 4.74 Å². The lowest BCUT2D eigenvalue weighted by molar-refractivity contribution is 0.306. The largest absolute Gasteiger partial charge is 0.488 e. The molecule has 0 bridgehead atoms. The van der Waals surface area contributed by atoms with Crippen molar-refractivity contribution in [3.63, 3.8) is 0 Å². The fourth-order valence-corrected chi connectivity index (χ4v) is 4.57. The Bertz CT molecular complexity index is 1450. The van der Waals surface area contributed by atoms with Crippen LogP contribution in [0, 0.1) is 0 Å². The second-order valence-corrected chi connectivity index (χ2v) is 10.2. The van der Waals surface area contributed by atoms with E-state index in [0.717, 1.165) is 20.9 Å². The zero-order valence-electron chi connectivity index (χ0n) is 18.1. The van der Waals surface area contributed by atoms with Crippen molar-refractivity contribution in [3.8, 4) is 5.75 Å². The third kappa shape index (κ3) is 5.71. The molecule has 0 aliphatic rings. The highest BCUT2D eigenvalue weighted by atomic mass is 79.9. The molecule has 0 unspecified atom stereocenters. The van der Waals surface area contributed by atoms with Crippen LogP contribution < -0.4 is 10.3 Å². The second-order valence-electron chi connectivity index (χ2n) is 7.51. The molecule has 9 heteroatoms. The Morgan fingerprint density at radius 1 is 1.06 bits per heavy atom. The van der Waals surface area contributed by atoms with Crippen molar-refractivity contribution < 1.29 is 4.74 Å². The Morgan fingerprint density at radius 2 is 1.82 bits per heavy atom. The smallest absolute Gasteiger partial charge is 0.282 e. The van der Waals surface area contributed by atoms with Crippen LogP contribution in [0.3, 0.4) is 0 Å². The van der Waals surface area contributed by atoms with Crippen molar-refractivity contribution in [1.82, 2.24) is 9.66 Å². The molecule has 174 valence electrons. The summed E-state index contributed by atoms with van der Waals surface area (Å²) in [4.78, 5) is 17.9. The number of nitrogens with zero attached hydrogens (tertiary/aromatic N) is 3. The first-order chi connectivity index (χ1) is 16.4. The van der Waals surface area contributed by atoms with Crippen LogP contribution in [0.15, 0.2) is 73.4 Å². The van der Waals surface area contributed by atoms with Crippen molar-refractivity contribution in [1.29, 1.82) is 0 Å². The average Bonchev–Trinajstić information content (AvgIpc) is 2.80. The Kier molecular flexibility index (Phi) is 8.09. The van der Waals surface area contributed by atoms with Crippen LogP contribution in [0.2, 0.25) is 10.0 Å². The predicted molar refractivity (Wildman–Crippen MR) is 146 cm³/mol. The quantitative estimate of drug-likeness (QED) is 0.199. The van der Waals surface area contributed by atoms with Crippen molar-refractivity contribution in [2.75, 3.05) is 0 Å². The van der Waals surface area contributed by atoms with Gasteiger partial charge in [0.2, 0.25) is 0 Å². The Balaban J connectivity index is 1.71. The van der Waals surface area contributed by atoms with Crippen LogP contribution in [0.25, 0.3) is 10.9 Å². The van der Waals surface area contributed by atoms with Crippen molar-refractivity contribution >= 4 is 72.2 Å². The fourth-order valence-electron chi connectivity index (χ4n) is 3.37. The number of ether oxygens (including phenoxy) is 1. The van der Waals surface area contributed by atoms with Gasteiger partial charge in [0.25, 0.3) is 5.56 Å². The van der Waals surface area contributed by atoms with Gasteiger partial charge in [-0.05, 0) is 55.0 Å². The molecule has 1 heterocycles. The van der Waals surface area contributed by atoms with E-state index in [1.165, 1.54) is 4.68 Å². The number of aromatic nitrogens is 2. The van der Waals surface area contributed by atoms with Crippen molar-refractivity contribution in [2.24, 2.45) is 5.10 Å². The molecule has 34 heavy (non-hydrogen) atoms. The van der Waals surface area contributed by atoms with E-state index in [4.69, 9.17) is 27.9 Å². The van der Waals surface area contributed by atoms with E-state index < -0.39 is 0 Å². The maximum absolute atomic E-state index is 13.2. The number of benzene rings is 3. The molecule has 0 radical (unpaired) electrons. The van der Waals surface area contributed by atoms with Crippen LogP contribution in [0.1, 0.15) is 30.3 Å². The van der Waals surface area contributed by atoms with Gasteiger partial charge in [-0.3, -0.25) is 4.79 Å². The molecule has 0 fully saturated rings. The van der Waals surface area contributed by atoms with Crippen LogP contribution in [-0.2, 0) is 13.0 Å². The third-order valence-electron chi connectivity index (χ3n) is 5.03. The van der Waals surface area contributed by atoms with Gasteiger partial charge in [-0.25, -0.2) is 4.98 Å². The molecule has 0 aliphatic carbocycles. The Labute approximate surface area is 223 Å². The second kappa shape index (κ2) is 11.0. The lowest BCUT2D eigenvalue weighted by atomic mass is 10.2. The summed E-state index contributed by atoms with van der Waals surface area (Å²) in [5.41, 5.74) is 1.93. The van der Waals surface area contributed by atoms with Gasteiger partial charge in [0, 0.05) is 36.5 Å².